The first-order valence-electron chi connectivity index (χ1n) is 14.4. The van der Waals surface area contributed by atoms with Crippen LogP contribution in [0.3, 0.4) is 0 Å². The molecule has 0 radical (unpaired) electrons. The Hall–Kier alpha value is -4.71. The quantitative estimate of drug-likeness (QED) is 0.157. The van der Waals surface area contributed by atoms with E-state index < -0.39 is 0 Å². The molecule has 11 nitrogen and oxygen atoms in total. The Labute approximate surface area is 267 Å². The molecule has 0 aliphatic rings. The fourth-order valence-electron chi connectivity index (χ4n) is 4.51. The van der Waals surface area contributed by atoms with Crippen LogP contribution in [0.25, 0.3) is 22.5 Å². The molecule has 0 aliphatic carbocycles. The van der Waals surface area contributed by atoms with Gasteiger partial charge in [0.2, 0.25) is 11.1 Å². The summed E-state index contributed by atoms with van der Waals surface area (Å²) < 4.78 is 33.2. The highest BCUT2D eigenvalue weighted by Gasteiger charge is 2.19. The topological polar surface area (TPSA) is 123 Å². The third-order valence-electron chi connectivity index (χ3n) is 6.66. The highest BCUT2D eigenvalue weighted by Crippen LogP contribution is 2.38. The van der Waals surface area contributed by atoms with Gasteiger partial charge >= 0.3 is 0 Å². The van der Waals surface area contributed by atoms with E-state index in [2.05, 4.69) is 15.5 Å². The summed E-state index contributed by atoms with van der Waals surface area (Å²) in [5, 5.41) is 12.2. The van der Waals surface area contributed by atoms with Crippen LogP contribution in [-0.2, 0) is 11.2 Å². The van der Waals surface area contributed by atoms with E-state index in [1.165, 1.54) is 11.8 Å². The molecule has 3 aromatic carbocycles. The van der Waals surface area contributed by atoms with Crippen LogP contribution < -0.4 is 33.7 Å². The van der Waals surface area contributed by atoms with E-state index in [-0.39, 0.29) is 11.7 Å². The summed E-state index contributed by atoms with van der Waals surface area (Å²) >= 11 is 1.20. The van der Waals surface area contributed by atoms with Gasteiger partial charge in [-0.2, -0.15) is 0 Å². The maximum Gasteiger partial charge on any atom is 0.230 e. The van der Waals surface area contributed by atoms with Gasteiger partial charge in [-0.25, -0.2) is 4.98 Å². The van der Waals surface area contributed by atoms with Crippen LogP contribution in [0, 0.1) is 0 Å². The van der Waals surface area contributed by atoms with Crippen LogP contribution in [0.15, 0.2) is 59.8 Å². The SMILES string of the molecule is CCOc1ccc(-c2nnc(SCC(=O)NCCc3ccc(OC)c(OC)c3)nc2-c2ccc(OCC)c(OC)c2)cc1OC. The number of amides is 1. The summed E-state index contributed by atoms with van der Waals surface area (Å²) in [6.07, 6.45) is 0.638. The Bertz CT molecular complexity index is 1600. The van der Waals surface area contributed by atoms with Crippen molar-refractivity contribution < 1.29 is 33.2 Å². The second kappa shape index (κ2) is 16.4. The minimum absolute atomic E-state index is 0.121. The zero-order valence-electron chi connectivity index (χ0n) is 26.3. The number of carbonyl (C=O) groups excluding carboxylic acids is 1. The fraction of sp³-hybridized carbons (Fsp3) is 0.333. The number of rotatable bonds is 16. The lowest BCUT2D eigenvalue weighted by atomic mass is 10.0. The van der Waals surface area contributed by atoms with E-state index in [4.69, 9.17) is 33.4 Å². The molecule has 0 unspecified atom stereocenters. The number of methoxy groups -OCH3 is 4. The first-order chi connectivity index (χ1) is 21.9. The molecule has 4 aromatic rings. The predicted octanol–water partition coefficient (Wildman–Crippen LogP) is 5.49. The molecular formula is C33H38N4O7S. The molecule has 0 saturated carbocycles. The van der Waals surface area contributed by atoms with Gasteiger partial charge in [-0.1, -0.05) is 17.8 Å². The number of hydrogen-bond acceptors (Lipinski definition) is 11. The van der Waals surface area contributed by atoms with E-state index in [0.29, 0.717) is 77.2 Å². The normalized spacial score (nSPS) is 10.6. The predicted molar refractivity (Wildman–Crippen MR) is 173 cm³/mol. The first kappa shape index (κ1) is 33.2. The smallest absolute Gasteiger partial charge is 0.230 e. The van der Waals surface area contributed by atoms with Gasteiger partial charge < -0.3 is 33.7 Å². The van der Waals surface area contributed by atoms with E-state index in [9.17, 15) is 4.79 Å². The molecule has 1 amide bonds. The molecule has 0 bridgehead atoms. The average Bonchev–Trinajstić information content (AvgIpc) is 3.07. The molecule has 0 saturated heterocycles. The van der Waals surface area contributed by atoms with Crippen molar-refractivity contribution in [2.45, 2.75) is 25.4 Å². The molecule has 1 aromatic heterocycles. The highest BCUT2D eigenvalue weighted by molar-refractivity contribution is 7.99. The Morgan fingerprint density at radius 1 is 0.689 bits per heavy atom. The Kier molecular flexibility index (Phi) is 12.1. The minimum Gasteiger partial charge on any atom is -0.493 e. The standard InChI is InChI=1S/C33H38N4O7S/c1-7-43-25-13-10-22(18-28(25)41-5)31-32(23-11-14-26(44-8-2)29(19-23)42-6)36-37-33(35-31)45-20-30(38)34-16-15-21-9-12-24(39-3)27(17-21)40-4/h9-14,17-19H,7-8,15-16,20H2,1-6H3,(H,34,38). The van der Waals surface area contributed by atoms with E-state index in [1.807, 2.05) is 68.4 Å². The molecule has 12 heteroatoms. The summed E-state index contributed by atoms with van der Waals surface area (Å²) in [5.41, 5.74) is 3.60. The third-order valence-corrected chi connectivity index (χ3v) is 7.49. The number of ether oxygens (including phenoxy) is 6. The number of carbonyl (C=O) groups is 1. The van der Waals surface area contributed by atoms with Gasteiger partial charge in [-0.15, -0.1) is 10.2 Å². The third kappa shape index (κ3) is 8.48. The van der Waals surface area contributed by atoms with E-state index in [1.54, 1.807) is 28.4 Å². The molecule has 238 valence electrons. The van der Waals surface area contributed by atoms with Crippen LogP contribution in [0.1, 0.15) is 19.4 Å². The number of benzene rings is 3. The van der Waals surface area contributed by atoms with Gasteiger partial charge in [0, 0.05) is 17.7 Å². The van der Waals surface area contributed by atoms with E-state index >= 15 is 0 Å². The maximum absolute atomic E-state index is 12.7. The average molecular weight is 635 g/mol. The molecule has 0 atom stereocenters. The number of thioether (sulfide) groups is 1. The minimum atomic E-state index is -0.145. The lowest BCUT2D eigenvalue weighted by Crippen LogP contribution is -2.27. The molecule has 1 heterocycles. The fourth-order valence-corrected chi connectivity index (χ4v) is 5.13. The van der Waals surface area contributed by atoms with Crippen molar-refractivity contribution in [1.82, 2.24) is 20.5 Å². The monoisotopic (exact) mass is 634 g/mol. The maximum atomic E-state index is 12.7. The molecule has 0 aliphatic heterocycles. The van der Waals surface area contributed by atoms with Gasteiger partial charge in [-0.05, 0) is 74.4 Å². The Balaban J connectivity index is 1.54. The van der Waals surface area contributed by atoms with Crippen molar-refractivity contribution in [3.8, 4) is 57.0 Å². The van der Waals surface area contributed by atoms with Gasteiger partial charge in [-0.3, -0.25) is 4.79 Å². The Morgan fingerprint density at radius 3 is 1.82 bits per heavy atom. The molecule has 1 N–H and O–H groups in total. The van der Waals surface area contributed by atoms with Gasteiger partial charge in [0.15, 0.2) is 34.5 Å². The van der Waals surface area contributed by atoms with Crippen molar-refractivity contribution in [3.63, 3.8) is 0 Å². The van der Waals surface area contributed by atoms with Gasteiger partial charge in [0.25, 0.3) is 0 Å². The van der Waals surface area contributed by atoms with Crippen molar-refractivity contribution >= 4 is 17.7 Å². The van der Waals surface area contributed by atoms with Crippen molar-refractivity contribution in [1.29, 1.82) is 0 Å². The van der Waals surface area contributed by atoms with Crippen LogP contribution >= 0.6 is 11.8 Å². The van der Waals surface area contributed by atoms with Crippen LogP contribution in [0.5, 0.6) is 34.5 Å². The zero-order chi connectivity index (χ0) is 32.2. The molecule has 45 heavy (non-hydrogen) atoms. The molecule has 0 spiro atoms. The molecular weight excluding hydrogens is 596 g/mol. The number of aromatic nitrogens is 3. The van der Waals surface area contributed by atoms with Gasteiger partial charge in [0.1, 0.15) is 11.4 Å². The summed E-state index contributed by atoms with van der Waals surface area (Å²) in [7, 11) is 6.36. The van der Waals surface area contributed by atoms with Crippen LogP contribution in [0.4, 0.5) is 0 Å². The lowest BCUT2D eigenvalue weighted by Gasteiger charge is -2.14. The summed E-state index contributed by atoms with van der Waals surface area (Å²) in [6.45, 7) is 5.29. The second-order valence-electron chi connectivity index (χ2n) is 9.47. The lowest BCUT2D eigenvalue weighted by molar-refractivity contribution is -0.118. The summed E-state index contributed by atoms with van der Waals surface area (Å²) in [5.74, 6) is 3.65. The second-order valence-corrected chi connectivity index (χ2v) is 10.4. The van der Waals surface area contributed by atoms with Gasteiger partial charge in [0.05, 0.1) is 47.4 Å². The Morgan fingerprint density at radius 2 is 1.24 bits per heavy atom. The molecule has 0 fully saturated rings. The van der Waals surface area contributed by atoms with Crippen molar-refractivity contribution in [2.24, 2.45) is 0 Å². The summed E-state index contributed by atoms with van der Waals surface area (Å²) in [6, 6.07) is 16.8. The first-order valence-corrected chi connectivity index (χ1v) is 15.4. The zero-order valence-corrected chi connectivity index (χ0v) is 27.2. The highest BCUT2D eigenvalue weighted by atomic mass is 32.2. The van der Waals surface area contributed by atoms with Crippen molar-refractivity contribution in [3.05, 3.63) is 60.2 Å². The number of nitrogens with zero attached hydrogens (tertiary/aromatic N) is 3. The van der Waals surface area contributed by atoms with Crippen LogP contribution in [0.2, 0.25) is 0 Å². The number of hydrogen-bond donors (Lipinski definition) is 1. The van der Waals surface area contributed by atoms with Crippen molar-refractivity contribution in [2.75, 3.05) is 54.0 Å². The van der Waals surface area contributed by atoms with Crippen LogP contribution in [-0.4, -0.2) is 75.0 Å². The molecule has 4 rings (SSSR count). The summed E-state index contributed by atoms with van der Waals surface area (Å²) in [4.78, 5) is 17.5. The largest absolute Gasteiger partial charge is 0.493 e. The van der Waals surface area contributed by atoms with E-state index in [0.717, 1.165) is 16.7 Å². The number of nitrogens with one attached hydrogen (secondary N) is 1.